The second kappa shape index (κ2) is 4.06. The number of amides is 1. The standard InChI is InChI=1S/C16H18FNO/c17-12-3-1-9(2-4-12)16(19)18-8-11-5-10-6-13(11)15-7-14(10)15/h1-4,10-11,13-15H,5-8H2,(H,18,19)/t10-,11-,13+,14+,15+/m0/s1. The predicted octanol–water partition coefficient (Wildman–Crippen LogP) is 2.85. The highest BCUT2D eigenvalue weighted by molar-refractivity contribution is 5.94. The minimum atomic E-state index is -0.301. The molecule has 1 aromatic carbocycles. The van der Waals surface area contributed by atoms with Gasteiger partial charge in [-0.15, -0.1) is 0 Å². The number of carbonyl (C=O) groups is 1. The van der Waals surface area contributed by atoms with Crippen molar-refractivity contribution in [2.24, 2.45) is 29.6 Å². The molecule has 4 rings (SSSR count). The molecule has 5 atom stereocenters. The Bertz CT molecular complexity index is 512. The summed E-state index contributed by atoms with van der Waals surface area (Å²) in [5.74, 6) is 4.13. The molecule has 3 heteroatoms. The van der Waals surface area contributed by atoms with E-state index in [-0.39, 0.29) is 11.7 Å². The average Bonchev–Trinajstić information content (AvgIpc) is 3.03. The molecule has 1 N–H and O–H groups in total. The Morgan fingerprint density at radius 1 is 1.11 bits per heavy atom. The van der Waals surface area contributed by atoms with Crippen molar-refractivity contribution in [1.82, 2.24) is 5.32 Å². The second-order valence-corrected chi connectivity index (χ2v) is 6.44. The summed E-state index contributed by atoms with van der Waals surface area (Å²) >= 11 is 0. The third kappa shape index (κ3) is 1.87. The van der Waals surface area contributed by atoms with Gasteiger partial charge in [-0.3, -0.25) is 4.79 Å². The van der Waals surface area contributed by atoms with Crippen LogP contribution in [-0.2, 0) is 0 Å². The summed E-state index contributed by atoms with van der Waals surface area (Å²) in [7, 11) is 0. The van der Waals surface area contributed by atoms with E-state index in [1.165, 1.54) is 31.4 Å². The van der Waals surface area contributed by atoms with Crippen LogP contribution < -0.4 is 5.32 Å². The predicted molar refractivity (Wildman–Crippen MR) is 70.0 cm³/mol. The van der Waals surface area contributed by atoms with Crippen LogP contribution in [0.2, 0.25) is 0 Å². The van der Waals surface area contributed by atoms with Crippen LogP contribution in [0.15, 0.2) is 24.3 Å². The van der Waals surface area contributed by atoms with E-state index in [1.807, 2.05) is 0 Å². The van der Waals surface area contributed by atoms with E-state index >= 15 is 0 Å². The van der Waals surface area contributed by atoms with Crippen molar-refractivity contribution in [3.63, 3.8) is 0 Å². The second-order valence-electron chi connectivity index (χ2n) is 6.44. The van der Waals surface area contributed by atoms with E-state index in [0.717, 1.165) is 30.2 Å². The van der Waals surface area contributed by atoms with E-state index in [0.29, 0.717) is 11.5 Å². The van der Waals surface area contributed by atoms with Crippen LogP contribution in [0.1, 0.15) is 29.6 Å². The molecular formula is C16H18FNO. The van der Waals surface area contributed by atoms with Crippen molar-refractivity contribution in [1.29, 1.82) is 0 Å². The number of hydrogen-bond donors (Lipinski definition) is 1. The van der Waals surface area contributed by atoms with Gasteiger partial charge in [0.25, 0.3) is 5.91 Å². The third-order valence-corrected chi connectivity index (χ3v) is 5.46. The number of carbonyl (C=O) groups excluding carboxylic acids is 1. The third-order valence-electron chi connectivity index (χ3n) is 5.46. The minimum absolute atomic E-state index is 0.0740. The summed E-state index contributed by atoms with van der Waals surface area (Å²) in [6.07, 6.45) is 4.14. The molecule has 3 saturated carbocycles. The Morgan fingerprint density at radius 3 is 2.58 bits per heavy atom. The first-order valence-electron chi connectivity index (χ1n) is 7.26. The van der Waals surface area contributed by atoms with Crippen molar-refractivity contribution >= 4 is 5.91 Å². The number of fused-ring (bicyclic) bond motifs is 5. The highest BCUT2D eigenvalue weighted by atomic mass is 19.1. The smallest absolute Gasteiger partial charge is 0.251 e. The maximum absolute atomic E-state index is 12.8. The SMILES string of the molecule is O=C(NC[C@@H]1C[C@H]2C[C@H]1[C@H]1C[C@H]21)c1ccc(F)cc1. The molecule has 2 bridgehead atoms. The van der Waals surface area contributed by atoms with Crippen molar-refractivity contribution < 1.29 is 9.18 Å². The average molecular weight is 259 g/mol. The van der Waals surface area contributed by atoms with Gasteiger partial charge < -0.3 is 5.32 Å². The van der Waals surface area contributed by atoms with E-state index in [2.05, 4.69) is 5.32 Å². The Kier molecular flexibility index (Phi) is 2.44. The number of nitrogens with one attached hydrogen (secondary N) is 1. The Morgan fingerprint density at radius 2 is 1.89 bits per heavy atom. The molecule has 3 fully saturated rings. The van der Waals surface area contributed by atoms with Gasteiger partial charge in [0.2, 0.25) is 0 Å². The van der Waals surface area contributed by atoms with Gasteiger partial charge in [-0.05, 0) is 73.1 Å². The highest BCUT2D eigenvalue weighted by Gasteiger charge is 2.60. The van der Waals surface area contributed by atoms with Crippen LogP contribution in [-0.4, -0.2) is 12.5 Å². The zero-order valence-corrected chi connectivity index (χ0v) is 10.8. The largest absolute Gasteiger partial charge is 0.352 e. The maximum Gasteiger partial charge on any atom is 0.251 e. The van der Waals surface area contributed by atoms with Crippen molar-refractivity contribution in [3.8, 4) is 0 Å². The van der Waals surface area contributed by atoms with E-state index in [1.54, 1.807) is 12.1 Å². The highest BCUT2D eigenvalue weighted by Crippen LogP contribution is 2.67. The van der Waals surface area contributed by atoms with Gasteiger partial charge in [0.1, 0.15) is 5.82 Å². The molecule has 0 spiro atoms. The fraction of sp³-hybridized carbons (Fsp3) is 0.562. The topological polar surface area (TPSA) is 29.1 Å². The van der Waals surface area contributed by atoms with E-state index in [9.17, 15) is 9.18 Å². The maximum atomic E-state index is 12.8. The fourth-order valence-electron chi connectivity index (χ4n) is 4.51. The van der Waals surface area contributed by atoms with Crippen LogP contribution in [0.4, 0.5) is 4.39 Å². The zero-order valence-electron chi connectivity index (χ0n) is 10.8. The lowest BCUT2D eigenvalue weighted by atomic mass is 9.88. The summed E-state index contributed by atoms with van der Waals surface area (Å²) in [5, 5.41) is 3.02. The molecule has 0 aliphatic heterocycles. The molecule has 3 aliphatic rings. The number of rotatable bonds is 3. The normalized spacial score (nSPS) is 38.1. The van der Waals surface area contributed by atoms with Crippen LogP contribution >= 0.6 is 0 Å². The van der Waals surface area contributed by atoms with Gasteiger partial charge in [-0.2, -0.15) is 0 Å². The van der Waals surface area contributed by atoms with Crippen LogP contribution in [0.25, 0.3) is 0 Å². The van der Waals surface area contributed by atoms with Gasteiger partial charge >= 0.3 is 0 Å². The van der Waals surface area contributed by atoms with Crippen LogP contribution in [0, 0.1) is 35.4 Å². The molecule has 1 amide bonds. The molecule has 1 aromatic rings. The molecule has 2 nitrogen and oxygen atoms in total. The lowest BCUT2D eigenvalue weighted by Gasteiger charge is -2.21. The Balaban J connectivity index is 1.35. The summed E-state index contributed by atoms with van der Waals surface area (Å²) in [6, 6.07) is 5.76. The summed E-state index contributed by atoms with van der Waals surface area (Å²) in [6.45, 7) is 0.792. The molecule has 0 saturated heterocycles. The van der Waals surface area contributed by atoms with Gasteiger partial charge in [0.05, 0.1) is 0 Å². The van der Waals surface area contributed by atoms with E-state index < -0.39 is 0 Å². The van der Waals surface area contributed by atoms with Crippen molar-refractivity contribution in [2.75, 3.05) is 6.54 Å². The summed E-state index contributed by atoms with van der Waals surface area (Å²) < 4.78 is 12.8. The molecule has 19 heavy (non-hydrogen) atoms. The molecular weight excluding hydrogens is 241 g/mol. The molecule has 0 heterocycles. The molecule has 0 radical (unpaired) electrons. The number of hydrogen-bond acceptors (Lipinski definition) is 1. The molecule has 3 aliphatic carbocycles. The number of benzene rings is 1. The van der Waals surface area contributed by atoms with E-state index in [4.69, 9.17) is 0 Å². The first-order valence-corrected chi connectivity index (χ1v) is 7.26. The minimum Gasteiger partial charge on any atom is -0.352 e. The lowest BCUT2D eigenvalue weighted by Crippen LogP contribution is -2.32. The van der Waals surface area contributed by atoms with Gasteiger partial charge in [0, 0.05) is 12.1 Å². The molecule has 0 unspecified atom stereocenters. The fourth-order valence-corrected chi connectivity index (χ4v) is 4.51. The first kappa shape index (κ1) is 11.4. The van der Waals surface area contributed by atoms with Gasteiger partial charge in [-0.1, -0.05) is 0 Å². The Labute approximate surface area is 112 Å². The first-order chi connectivity index (χ1) is 9.22. The quantitative estimate of drug-likeness (QED) is 0.888. The molecule has 100 valence electrons. The molecule has 0 aromatic heterocycles. The summed E-state index contributed by atoms with van der Waals surface area (Å²) in [5.41, 5.74) is 0.550. The summed E-state index contributed by atoms with van der Waals surface area (Å²) in [4.78, 5) is 12.0. The van der Waals surface area contributed by atoms with Crippen molar-refractivity contribution in [3.05, 3.63) is 35.6 Å². The van der Waals surface area contributed by atoms with Crippen LogP contribution in [0.3, 0.4) is 0 Å². The Hall–Kier alpha value is -1.38. The zero-order chi connectivity index (χ0) is 13.0. The number of halogens is 1. The van der Waals surface area contributed by atoms with Gasteiger partial charge in [-0.25, -0.2) is 4.39 Å². The van der Waals surface area contributed by atoms with Crippen LogP contribution in [0.5, 0.6) is 0 Å². The monoisotopic (exact) mass is 259 g/mol. The lowest BCUT2D eigenvalue weighted by molar-refractivity contribution is 0.0941. The van der Waals surface area contributed by atoms with Crippen molar-refractivity contribution in [2.45, 2.75) is 19.3 Å². The van der Waals surface area contributed by atoms with Gasteiger partial charge in [0.15, 0.2) is 0 Å².